The Hall–Kier alpha value is -1.38. The van der Waals surface area contributed by atoms with Crippen LogP contribution in [-0.2, 0) is 16.4 Å². The molecule has 0 aliphatic rings. The van der Waals surface area contributed by atoms with Crippen LogP contribution >= 0.6 is 0 Å². The first-order valence-corrected chi connectivity index (χ1v) is 7.79. The van der Waals surface area contributed by atoms with Crippen LogP contribution in [0.2, 0.25) is 0 Å². The molecule has 0 spiro atoms. The maximum Gasteiger partial charge on any atom is 0.240 e. The van der Waals surface area contributed by atoms with Crippen molar-refractivity contribution in [1.29, 1.82) is 5.26 Å². The van der Waals surface area contributed by atoms with E-state index in [9.17, 15) is 8.42 Å². The van der Waals surface area contributed by atoms with Crippen LogP contribution in [-0.4, -0.2) is 15.0 Å². The van der Waals surface area contributed by atoms with Crippen molar-refractivity contribution in [2.24, 2.45) is 5.41 Å². The first-order chi connectivity index (χ1) is 8.80. The number of benzene rings is 1. The van der Waals surface area contributed by atoms with Gasteiger partial charge in [-0.05, 0) is 38.0 Å². The molecule has 5 heteroatoms. The predicted molar refractivity (Wildman–Crippen MR) is 75.0 cm³/mol. The molecule has 0 amide bonds. The standard InChI is InChI=1S/C14H20N2O2S/c1-4-5-12-6-8-13(9-7-12)19(17,18)16-11-14(2,3)10-15/h6-9,16H,4-5,11H2,1-3H3. The van der Waals surface area contributed by atoms with Gasteiger partial charge in [0.05, 0.1) is 16.4 Å². The van der Waals surface area contributed by atoms with E-state index < -0.39 is 15.4 Å². The summed E-state index contributed by atoms with van der Waals surface area (Å²) in [4.78, 5) is 0.237. The molecule has 0 fully saturated rings. The van der Waals surface area contributed by atoms with Gasteiger partial charge in [-0.15, -0.1) is 0 Å². The molecule has 0 atom stereocenters. The van der Waals surface area contributed by atoms with E-state index in [-0.39, 0.29) is 11.4 Å². The number of nitrogens with zero attached hydrogens (tertiary/aromatic N) is 1. The summed E-state index contributed by atoms with van der Waals surface area (Å²) in [6.07, 6.45) is 1.97. The molecule has 0 aliphatic carbocycles. The van der Waals surface area contributed by atoms with E-state index in [0.717, 1.165) is 18.4 Å². The maximum atomic E-state index is 12.0. The molecule has 19 heavy (non-hydrogen) atoms. The third kappa shape index (κ3) is 4.66. The molecule has 0 saturated heterocycles. The second-order valence-electron chi connectivity index (χ2n) is 5.21. The molecule has 0 aliphatic heterocycles. The van der Waals surface area contributed by atoms with E-state index in [1.165, 1.54) is 0 Å². The van der Waals surface area contributed by atoms with Gasteiger partial charge in [-0.25, -0.2) is 13.1 Å². The van der Waals surface area contributed by atoms with Crippen LogP contribution in [0, 0.1) is 16.7 Å². The Labute approximate surface area is 115 Å². The van der Waals surface area contributed by atoms with Crippen molar-refractivity contribution in [3.05, 3.63) is 29.8 Å². The van der Waals surface area contributed by atoms with E-state index in [4.69, 9.17) is 5.26 Å². The van der Waals surface area contributed by atoms with Gasteiger partial charge in [0.15, 0.2) is 0 Å². The minimum Gasteiger partial charge on any atom is -0.210 e. The van der Waals surface area contributed by atoms with Gasteiger partial charge in [-0.1, -0.05) is 25.5 Å². The molecule has 104 valence electrons. The van der Waals surface area contributed by atoms with Crippen molar-refractivity contribution in [3.63, 3.8) is 0 Å². The van der Waals surface area contributed by atoms with Gasteiger partial charge in [0.2, 0.25) is 10.0 Å². The van der Waals surface area contributed by atoms with E-state index in [0.29, 0.717) is 0 Å². The van der Waals surface area contributed by atoms with E-state index >= 15 is 0 Å². The van der Waals surface area contributed by atoms with Crippen LogP contribution in [0.3, 0.4) is 0 Å². The highest BCUT2D eigenvalue weighted by Crippen LogP contribution is 2.15. The van der Waals surface area contributed by atoms with E-state index in [2.05, 4.69) is 17.7 Å². The highest BCUT2D eigenvalue weighted by atomic mass is 32.2. The van der Waals surface area contributed by atoms with E-state index in [1.54, 1.807) is 26.0 Å². The summed E-state index contributed by atoms with van der Waals surface area (Å²) < 4.78 is 26.6. The first kappa shape index (κ1) is 15.7. The maximum absolute atomic E-state index is 12.0. The second kappa shape index (κ2) is 6.18. The van der Waals surface area contributed by atoms with Crippen molar-refractivity contribution >= 4 is 10.0 Å². The van der Waals surface area contributed by atoms with Gasteiger partial charge >= 0.3 is 0 Å². The fourth-order valence-corrected chi connectivity index (χ4v) is 2.73. The minimum atomic E-state index is -3.54. The lowest BCUT2D eigenvalue weighted by atomic mass is 9.97. The van der Waals surface area contributed by atoms with Gasteiger partial charge in [0.25, 0.3) is 0 Å². The molecule has 0 saturated carbocycles. The zero-order valence-corrected chi connectivity index (χ0v) is 12.4. The lowest BCUT2D eigenvalue weighted by Gasteiger charge is -2.16. The summed E-state index contributed by atoms with van der Waals surface area (Å²) in [7, 11) is -3.54. The fraction of sp³-hybridized carbons (Fsp3) is 0.500. The summed E-state index contributed by atoms with van der Waals surface area (Å²) in [5.74, 6) is 0. The zero-order valence-electron chi connectivity index (χ0n) is 11.6. The normalized spacial score (nSPS) is 12.1. The van der Waals surface area contributed by atoms with Gasteiger partial charge < -0.3 is 0 Å². The second-order valence-corrected chi connectivity index (χ2v) is 6.98. The molecule has 0 radical (unpaired) electrons. The summed E-state index contributed by atoms with van der Waals surface area (Å²) >= 11 is 0. The van der Waals surface area contributed by atoms with Crippen LogP contribution in [0.5, 0.6) is 0 Å². The molecule has 4 nitrogen and oxygen atoms in total. The highest BCUT2D eigenvalue weighted by molar-refractivity contribution is 7.89. The van der Waals surface area contributed by atoms with Gasteiger partial charge in [-0.3, -0.25) is 0 Å². The molecule has 0 unspecified atom stereocenters. The Balaban J connectivity index is 2.81. The average Bonchev–Trinajstić information content (AvgIpc) is 2.38. The topological polar surface area (TPSA) is 70.0 Å². The number of hydrogen-bond donors (Lipinski definition) is 1. The molecule has 0 aromatic heterocycles. The number of nitrogens with one attached hydrogen (secondary N) is 1. The Morgan fingerprint density at radius 1 is 1.26 bits per heavy atom. The monoisotopic (exact) mass is 280 g/mol. The third-order valence-corrected chi connectivity index (χ3v) is 4.20. The molecule has 1 aromatic carbocycles. The van der Waals surface area contributed by atoms with Gasteiger partial charge in [0, 0.05) is 6.54 Å². The Morgan fingerprint density at radius 2 is 1.84 bits per heavy atom. The summed E-state index contributed by atoms with van der Waals surface area (Å²) in [5.41, 5.74) is 0.411. The molecule has 0 heterocycles. The van der Waals surface area contributed by atoms with Crippen LogP contribution in [0.4, 0.5) is 0 Å². The Morgan fingerprint density at radius 3 is 2.32 bits per heavy atom. The highest BCUT2D eigenvalue weighted by Gasteiger charge is 2.21. The largest absolute Gasteiger partial charge is 0.240 e. The first-order valence-electron chi connectivity index (χ1n) is 6.30. The van der Waals surface area contributed by atoms with Gasteiger partial charge in [-0.2, -0.15) is 5.26 Å². The molecule has 1 N–H and O–H groups in total. The van der Waals surface area contributed by atoms with Crippen molar-refractivity contribution in [2.45, 2.75) is 38.5 Å². The van der Waals surface area contributed by atoms with Crippen molar-refractivity contribution < 1.29 is 8.42 Å². The minimum absolute atomic E-state index is 0.0997. The smallest absolute Gasteiger partial charge is 0.210 e. The predicted octanol–water partition coefficient (Wildman–Crippen LogP) is 2.47. The van der Waals surface area contributed by atoms with Crippen LogP contribution in [0.15, 0.2) is 29.2 Å². The lowest BCUT2D eigenvalue weighted by Crippen LogP contribution is -2.33. The number of sulfonamides is 1. The van der Waals surface area contributed by atoms with Gasteiger partial charge in [0.1, 0.15) is 0 Å². The SMILES string of the molecule is CCCc1ccc(S(=O)(=O)NCC(C)(C)C#N)cc1. The average molecular weight is 280 g/mol. The zero-order chi connectivity index (χ0) is 14.5. The van der Waals surface area contributed by atoms with Crippen LogP contribution in [0.1, 0.15) is 32.8 Å². The number of aryl methyl sites for hydroxylation is 1. The van der Waals surface area contributed by atoms with Crippen molar-refractivity contribution in [2.75, 3.05) is 6.54 Å². The molecule has 0 bridgehead atoms. The van der Waals surface area contributed by atoms with Crippen LogP contribution < -0.4 is 4.72 Å². The van der Waals surface area contributed by atoms with Crippen molar-refractivity contribution in [1.82, 2.24) is 4.72 Å². The fourth-order valence-electron chi connectivity index (χ4n) is 1.52. The number of hydrogen-bond acceptors (Lipinski definition) is 3. The Kier molecular flexibility index (Phi) is 5.10. The lowest BCUT2D eigenvalue weighted by molar-refractivity contribution is 0.479. The third-order valence-electron chi connectivity index (χ3n) is 2.78. The molecule has 1 aromatic rings. The van der Waals surface area contributed by atoms with E-state index in [1.807, 2.05) is 12.1 Å². The summed E-state index contributed by atoms with van der Waals surface area (Å²) in [6, 6.07) is 8.93. The molecular weight excluding hydrogens is 260 g/mol. The molecular formula is C14H20N2O2S. The Bertz CT molecular complexity index is 554. The number of nitriles is 1. The quantitative estimate of drug-likeness (QED) is 0.870. The number of rotatable bonds is 6. The molecule has 1 rings (SSSR count). The van der Waals surface area contributed by atoms with Crippen molar-refractivity contribution in [3.8, 4) is 6.07 Å². The summed E-state index contributed by atoms with van der Waals surface area (Å²) in [6.45, 7) is 5.57. The summed E-state index contributed by atoms with van der Waals surface area (Å²) in [5, 5.41) is 8.87. The van der Waals surface area contributed by atoms with Crippen LogP contribution in [0.25, 0.3) is 0 Å².